The summed E-state index contributed by atoms with van der Waals surface area (Å²) in [5, 5.41) is 12.0. The Morgan fingerprint density at radius 3 is 2.81 bits per heavy atom. The molecule has 1 rings (SSSR count). The molecule has 5 heteroatoms. The standard InChI is InChI=1S/C11H14ClNO3/c1-7(14)11(15)13-6-8-3-4-10(16-2)9(12)5-8/h3-5,7,14H,6H2,1-2H3,(H,13,15). The van der Waals surface area contributed by atoms with E-state index in [1.54, 1.807) is 18.2 Å². The molecule has 2 N–H and O–H groups in total. The molecule has 1 amide bonds. The van der Waals surface area contributed by atoms with Crippen LogP contribution < -0.4 is 10.1 Å². The van der Waals surface area contributed by atoms with E-state index in [0.717, 1.165) is 5.56 Å². The molecule has 1 aromatic carbocycles. The van der Waals surface area contributed by atoms with Gasteiger partial charge >= 0.3 is 0 Å². The molecule has 0 fully saturated rings. The Balaban J connectivity index is 2.62. The smallest absolute Gasteiger partial charge is 0.248 e. The van der Waals surface area contributed by atoms with E-state index in [9.17, 15) is 4.79 Å². The fourth-order valence-electron chi connectivity index (χ4n) is 1.16. The third kappa shape index (κ3) is 3.40. The highest BCUT2D eigenvalue weighted by molar-refractivity contribution is 6.32. The van der Waals surface area contributed by atoms with Crippen LogP contribution in [0.1, 0.15) is 12.5 Å². The maximum atomic E-state index is 11.1. The van der Waals surface area contributed by atoms with Crippen LogP contribution in [-0.2, 0) is 11.3 Å². The number of hydrogen-bond acceptors (Lipinski definition) is 3. The minimum atomic E-state index is -1.01. The van der Waals surface area contributed by atoms with Crippen LogP contribution in [0.4, 0.5) is 0 Å². The number of hydrogen-bond donors (Lipinski definition) is 2. The second kappa shape index (κ2) is 5.72. The van der Waals surface area contributed by atoms with Crippen molar-refractivity contribution in [2.75, 3.05) is 7.11 Å². The van der Waals surface area contributed by atoms with E-state index in [2.05, 4.69) is 5.32 Å². The van der Waals surface area contributed by atoms with Gasteiger partial charge in [-0.2, -0.15) is 0 Å². The van der Waals surface area contributed by atoms with Crippen LogP contribution in [0.15, 0.2) is 18.2 Å². The van der Waals surface area contributed by atoms with Crippen LogP contribution in [0.3, 0.4) is 0 Å². The summed E-state index contributed by atoms with van der Waals surface area (Å²) in [4.78, 5) is 11.1. The number of amides is 1. The van der Waals surface area contributed by atoms with Gasteiger partial charge in [0.2, 0.25) is 5.91 Å². The lowest BCUT2D eigenvalue weighted by molar-refractivity contribution is -0.128. The second-order valence-electron chi connectivity index (χ2n) is 3.36. The van der Waals surface area contributed by atoms with Crippen LogP contribution in [0.5, 0.6) is 5.75 Å². The van der Waals surface area contributed by atoms with Gasteiger partial charge in [0.1, 0.15) is 11.9 Å². The van der Waals surface area contributed by atoms with E-state index in [1.807, 2.05) is 0 Å². The fourth-order valence-corrected chi connectivity index (χ4v) is 1.44. The van der Waals surface area contributed by atoms with Crippen LogP contribution in [-0.4, -0.2) is 24.2 Å². The summed E-state index contributed by atoms with van der Waals surface area (Å²) in [6.45, 7) is 1.74. The first-order chi connectivity index (χ1) is 7.54. The Hall–Kier alpha value is -1.26. The average molecular weight is 244 g/mol. The van der Waals surface area contributed by atoms with Gasteiger partial charge in [-0.3, -0.25) is 4.79 Å². The van der Waals surface area contributed by atoms with Gasteiger partial charge in [-0.25, -0.2) is 0 Å². The van der Waals surface area contributed by atoms with Crippen molar-refractivity contribution < 1.29 is 14.6 Å². The van der Waals surface area contributed by atoms with Crippen LogP contribution >= 0.6 is 11.6 Å². The summed E-state index contributed by atoms with van der Waals surface area (Å²) in [7, 11) is 1.54. The van der Waals surface area contributed by atoms with Crippen molar-refractivity contribution in [3.63, 3.8) is 0 Å². The van der Waals surface area contributed by atoms with Gasteiger partial charge in [0.25, 0.3) is 0 Å². The molecule has 0 aliphatic rings. The van der Waals surface area contributed by atoms with E-state index < -0.39 is 12.0 Å². The highest BCUT2D eigenvalue weighted by Gasteiger charge is 2.08. The van der Waals surface area contributed by atoms with Crippen LogP contribution in [0.2, 0.25) is 5.02 Å². The number of rotatable bonds is 4. The molecule has 16 heavy (non-hydrogen) atoms. The van der Waals surface area contributed by atoms with Gasteiger partial charge in [0.05, 0.1) is 12.1 Å². The number of halogens is 1. The zero-order valence-electron chi connectivity index (χ0n) is 9.16. The van der Waals surface area contributed by atoms with Crippen molar-refractivity contribution in [1.29, 1.82) is 0 Å². The van der Waals surface area contributed by atoms with Gasteiger partial charge in [-0.1, -0.05) is 17.7 Å². The Bertz CT molecular complexity index is 379. The molecule has 1 aromatic rings. The molecule has 0 aromatic heterocycles. The number of carbonyl (C=O) groups excluding carboxylic acids is 1. The molecule has 0 aliphatic heterocycles. The zero-order chi connectivity index (χ0) is 12.1. The maximum absolute atomic E-state index is 11.1. The summed E-state index contributed by atoms with van der Waals surface area (Å²) in [6.07, 6.45) is -1.01. The summed E-state index contributed by atoms with van der Waals surface area (Å²) >= 11 is 5.92. The number of nitrogens with one attached hydrogen (secondary N) is 1. The molecule has 4 nitrogen and oxygen atoms in total. The highest BCUT2D eigenvalue weighted by atomic mass is 35.5. The van der Waals surface area contributed by atoms with Crippen molar-refractivity contribution in [3.05, 3.63) is 28.8 Å². The van der Waals surface area contributed by atoms with Crippen LogP contribution in [0.25, 0.3) is 0 Å². The third-order valence-electron chi connectivity index (χ3n) is 2.06. The van der Waals surface area contributed by atoms with E-state index >= 15 is 0 Å². The number of aliphatic hydroxyl groups excluding tert-OH is 1. The molecule has 0 spiro atoms. The Morgan fingerprint density at radius 2 is 2.31 bits per heavy atom. The molecule has 0 heterocycles. The predicted molar refractivity (Wildman–Crippen MR) is 61.5 cm³/mol. The van der Waals surface area contributed by atoms with E-state index in [4.69, 9.17) is 21.4 Å². The average Bonchev–Trinajstić information content (AvgIpc) is 2.25. The lowest BCUT2D eigenvalue weighted by Crippen LogP contribution is -2.31. The normalized spacial score (nSPS) is 12.0. The van der Waals surface area contributed by atoms with Gasteiger partial charge in [0, 0.05) is 6.54 Å². The predicted octanol–water partition coefficient (Wildman–Crippen LogP) is 1.35. The number of methoxy groups -OCH3 is 1. The molecule has 88 valence electrons. The van der Waals surface area contributed by atoms with E-state index in [-0.39, 0.29) is 0 Å². The summed E-state index contributed by atoms with van der Waals surface area (Å²) < 4.78 is 5.00. The minimum Gasteiger partial charge on any atom is -0.495 e. The first-order valence-corrected chi connectivity index (χ1v) is 5.20. The largest absolute Gasteiger partial charge is 0.495 e. The third-order valence-corrected chi connectivity index (χ3v) is 2.36. The van der Waals surface area contributed by atoms with Gasteiger partial charge in [-0.15, -0.1) is 0 Å². The van der Waals surface area contributed by atoms with Gasteiger partial charge in [0.15, 0.2) is 0 Å². The lowest BCUT2D eigenvalue weighted by Gasteiger charge is -2.08. The molecular weight excluding hydrogens is 230 g/mol. The summed E-state index contributed by atoms with van der Waals surface area (Å²) in [5.74, 6) is 0.180. The molecule has 0 saturated carbocycles. The first kappa shape index (κ1) is 12.8. The Labute approximate surface area is 99.2 Å². The fraction of sp³-hybridized carbons (Fsp3) is 0.364. The summed E-state index contributed by atoms with van der Waals surface area (Å²) in [5.41, 5.74) is 0.847. The first-order valence-electron chi connectivity index (χ1n) is 4.82. The number of benzene rings is 1. The second-order valence-corrected chi connectivity index (χ2v) is 3.77. The topological polar surface area (TPSA) is 58.6 Å². The minimum absolute atomic E-state index is 0.327. The van der Waals surface area contributed by atoms with E-state index in [0.29, 0.717) is 17.3 Å². The Morgan fingerprint density at radius 1 is 1.62 bits per heavy atom. The summed E-state index contributed by atoms with van der Waals surface area (Å²) in [6, 6.07) is 5.24. The van der Waals surface area contributed by atoms with Crippen molar-refractivity contribution in [3.8, 4) is 5.75 Å². The zero-order valence-corrected chi connectivity index (χ0v) is 9.91. The molecule has 0 bridgehead atoms. The van der Waals surface area contributed by atoms with Crippen molar-refractivity contribution >= 4 is 17.5 Å². The molecule has 1 unspecified atom stereocenters. The van der Waals surface area contributed by atoms with Crippen molar-refractivity contribution in [2.45, 2.75) is 19.6 Å². The van der Waals surface area contributed by atoms with Crippen molar-refractivity contribution in [1.82, 2.24) is 5.32 Å². The molecule has 1 atom stereocenters. The number of aliphatic hydroxyl groups is 1. The maximum Gasteiger partial charge on any atom is 0.248 e. The molecule has 0 radical (unpaired) electrons. The SMILES string of the molecule is COc1ccc(CNC(=O)C(C)O)cc1Cl. The van der Waals surface area contributed by atoms with Crippen LogP contribution in [0, 0.1) is 0 Å². The van der Waals surface area contributed by atoms with Crippen molar-refractivity contribution in [2.24, 2.45) is 0 Å². The lowest BCUT2D eigenvalue weighted by atomic mass is 10.2. The molecule has 0 saturated heterocycles. The molecular formula is C11H14ClNO3. The van der Waals surface area contributed by atoms with E-state index in [1.165, 1.54) is 14.0 Å². The highest BCUT2D eigenvalue weighted by Crippen LogP contribution is 2.24. The number of carbonyl (C=O) groups is 1. The molecule has 0 aliphatic carbocycles. The number of ether oxygens (including phenoxy) is 1. The quantitative estimate of drug-likeness (QED) is 0.839. The monoisotopic (exact) mass is 243 g/mol. The van der Waals surface area contributed by atoms with Gasteiger partial charge < -0.3 is 15.2 Å². The van der Waals surface area contributed by atoms with Gasteiger partial charge in [-0.05, 0) is 24.6 Å². The Kier molecular flexibility index (Phi) is 4.58.